The van der Waals surface area contributed by atoms with E-state index in [9.17, 15) is 12.8 Å². The van der Waals surface area contributed by atoms with Crippen LogP contribution in [0, 0.1) is 5.82 Å². The van der Waals surface area contributed by atoms with Crippen molar-refractivity contribution >= 4 is 10.0 Å². The summed E-state index contributed by atoms with van der Waals surface area (Å²) in [5.74, 6) is -0.591. The molecule has 0 saturated heterocycles. The number of halogens is 1. The molecule has 0 aromatic heterocycles. The van der Waals surface area contributed by atoms with Crippen molar-refractivity contribution in [1.82, 2.24) is 4.31 Å². The summed E-state index contributed by atoms with van der Waals surface area (Å²) in [6.45, 7) is -0.512. The molecule has 0 heterocycles. The molecular weight excluding hydrogens is 281 g/mol. The molecule has 1 aromatic carbocycles. The summed E-state index contributed by atoms with van der Waals surface area (Å²) in [7, 11) is -2.06. The van der Waals surface area contributed by atoms with Gasteiger partial charge in [0.1, 0.15) is 5.82 Å². The average Bonchev–Trinajstić information content (AvgIpc) is 2.47. The van der Waals surface area contributed by atoms with Gasteiger partial charge in [-0.3, -0.25) is 0 Å². The first kappa shape index (κ1) is 15.4. The topological polar surface area (TPSA) is 57.6 Å². The molecule has 1 fully saturated rings. The maximum absolute atomic E-state index is 13.3. The van der Waals surface area contributed by atoms with E-state index >= 15 is 0 Å². The maximum atomic E-state index is 13.3. The highest BCUT2D eigenvalue weighted by atomic mass is 32.2. The molecule has 20 heavy (non-hydrogen) atoms. The van der Waals surface area contributed by atoms with Crippen molar-refractivity contribution in [3.05, 3.63) is 29.6 Å². The van der Waals surface area contributed by atoms with Crippen LogP contribution >= 0.6 is 0 Å². The summed E-state index contributed by atoms with van der Waals surface area (Å²) in [6, 6.07) is 3.57. The third kappa shape index (κ3) is 3.02. The van der Waals surface area contributed by atoms with E-state index in [0.29, 0.717) is 0 Å². The summed E-state index contributed by atoms with van der Waals surface area (Å²) < 4.78 is 39.8. The second-order valence-corrected chi connectivity index (χ2v) is 7.22. The van der Waals surface area contributed by atoms with Crippen molar-refractivity contribution in [3.63, 3.8) is 0 Å². The number of sulfonamides is 1. The minimum Gasteiger partial charge on any atom is -0.392 e. The Bertz CT molecular complexity index is 568. The van der Waals surface area contributed by atoms with E-state index < -0.39 is 22.4 Å². The Morgan fingerprint density at radius 3 is 2.55 bits per heavy atom. The number of hydrogen-bond acceptors (Lipinski definition) is 3. The van der Waals surface area contributed by atoms with Crippen molar-refractivity contribution in [2.45, 2.75) is 49.6 Å². The van der Waals surface area contributed by atoms with Crippen LogP contribution in [0.2, 0.25) is 0 Å². The molecule has 0 aliphatic heterocycles. The highest BCUT2D eigenvalue weighted by molar-refractivity contribution is 7.89. The monoisotopic (exact) mass is 301 g/mol. The number of aliphatic hydroxyl groups excluding tert-OH is 1. The molecule has 1 aliphatic carbocycles. The zero-order valence-electron chi connectivity index (χ0n) is 11.5. The number of benzene rings is 1. The molecule has 1 aromatic rings. The Kier molecular flexibility index (Phi) is 4.78. The predicted molar refractivity (Wildman–Crippen MR) is 74.1 cm³/mol. The standard InChI is InChI=1S/C14H20FNO3S/c1-16(12-5-3-2-4-6-12)20(18,19)13-7-8-14(15)11(9-13)10-17/h7-9,12,17H,2-6,10H2,1H3. The summed E-state index contributed by atoms with van der Waals surface area (Å²) in [5.41, 5.74) is 0.00289. The third-order valence-electron chi connectivity index (χ3n) is 3.95. The van der Waals surface area contributed by atoms with Gasteiger partial charge >= 0.3 is 0 Å². The van der Waals surface area contributed by atoms with E-state index in [4.69, 9.17) is 5.11 Å². The summed E-state index contributed by atoms with van der Waals surface area (Å²) in [6.07, 6.45) is 4.95. The fourth-order valence-electron chi connectivity index (χ4n) is 2.64. The van der Waals surface area contributed by atoms with Crippen molar-refractivity contribution < 1.29 is 17.9 Å². The molecule has 0 radical (unpaired) electrons. The first-order chi connectivity index (χ1) is 9.46. The Hall–Kier alpha value is -0.980. The Morgan fingerprint density at radius 2 is 1.95 bits per heavy atom. The number of nitrogens with zero attached hydrogens (tertiary/aromatic N) is 1. The van der Waals surface area contributed by atoms with E-state index in [0.717, 1.165) is 38.2 Å². The van der Waals surface area contributed by atoms with Crippen molar-refractivity contribution in [1.29, 1.82) is 0 Å². The molecule has 6 heteroatoms. The van der Waals surface area contributed by atoms with Crippen molar-refractivity contribution in [3.8, 4) is 0 Å². The van der Waals surface area contributed by atoms with Gasteiger partial charge in [0.05, 0.1) is 11.5 Å². The number of rotatable bonds is 4. The molecule has 2 rings (SSSR count). The van der Waals surface area contributed by atoms with Gasteiger partial charge in [0.15, 0.2) is 0 Å². The molecule has 0 unspecified atom stereocenters. The van der Waals surface area contributed by atoms with Crippen molar-refractivity contribution in [2.24, 2.45) is 0 Å². The molecule has 0 bridgehead atoms. The van der Waals surface area contributed by atoms with Crippen LogP contribution < -0.4 is 0 Å². The van der Waals surface area contributed by atoms with Gasteiger partial charge in [-0.05, 0) is 31.0 Å². The van der Waals surface area contributed by atoms with E-state index in [-0.39, 0.29) is 16.5 Å². The summed E-state index contributed by atoms with van der Waals surface area (Å²) >= 11 is 0. The zero-order valence-corrected chi connectivity index (χ0v) is 12.4. The molecule has 1 N–H and O–H groups in total. The summed E-state index contributed by atoms with van der Waals surface area (Å²) in [4.78, 5) is 0.0380. The molecule has 112 valence electrons. The molecule has 0 amide bonds. The molecule has 4 nitrogen and oxygen atoms in total. The van der Waals surface area contributed by atoms with Crippen LogP contribution in [0.25, 0.3) is 0 Å². The first-order valence-electron chi connectivity index (χ1n) is 6.84. The van der Waals surface area contributed by atoms with Crippen LogP contribution in [0.15, 0.2) is 23.1 Å². The summed E-state index contributed by atoms with van der Waals surface area (Å²) in [5, 5.41) is 9.05. The van der Waals surface area contributed by atoms with Crippen LogP contribution in [0.3, 0.4) is 0 Å². The van der Waals surface area contributed by atoms with Crippen LogP contribution in [-0.4, -0.2) is 30.9 Å². The van der Waals surface area contributed by atoms with Crippen LogP contribution in [0.1, 0.15) is 37.7 Å². The van der Waals surface area contributed by atoms with Crippen LogP contribution in [0.4, 0.5) is 4.39 Å². The number of aliphatic hydroxyl groups is 1. The van der Waals surface area contributed by atoms with E-state index in [1.54, 1.807) is 7.05 Å². The highest BCUT2D eigenvalue weighted by Gasteiger charge is 2.29. The molecule has 0 atom stereocenters. The van der Waals surface area contributed by atoms with Gasteiger partial charge in [0.25, 0.3) is 0 Å². The lowest BCUT2D eigenvalue weighted by atomic mass is 9.96. The lowest BCUT2D eigenvalue weighted by Crippen LogP contribution is -2.38. The van der Waals surface area contributed by atoms with Gasteiger partial charge in [-0.1, -0.05) is 19.3 Å². The van der Waals surface area contributed by atoms with Gasteiger partial charge < -0.3 is 5.11 Å². The second kappa shape index (κ2) is 6.20. The van der Waals surface area contributed by atoms with Gasteiger partial charge in [-0.2, -0.15) is 4.31 Å². The average molecular weight is 301 g/mol. The lowest BCUT2D eigenvalue weighted by molar-refractivity contribution is 0.275. The van der Waals surface area contributed by atoms with Crippen LogP contribution in [-0.2, 0) is 16.6 Å². The Morgan fingerprint density at radius 1 is 1.30 bits per heavy atom. The van der Waals surface area contributed by atoms with Gasteiger partial charge in [-0.25, -0.2) is 12.8 Å². The number of hydrogen-bond donors (Lipinski definition) is 1. The minimum absolute atomic E-state index is 0.00289. The molecule has 0 spiro atoms. The van der Waals surface area contributed by atoms with E-state index in [2.05, 4.69) is 0 Å². The Balaban J connectivity index is 2.29. The zero-order chi connectivity index (χ0) is 14.8. The SMILES string of the molecule is CN(C1CCCCC1)S(=O)(=O)c1ccc(F)c(CO)c1. The van der Waals surface area contributed by atoms with Crippen molar-refractivity contribution in [2.75, 3.05) is 7.05 Å². The van der Waals surface area contributed by atoms with Gasteiger partial charge in [0, 0.05) is 18.7 Å². The quantitative estimate of drug-likeness (QED) is 0.928. The highest BCUT2D eigenvalue weighted by Crippen LogP contribution is 2.27. The fourth-order valence-corrected chi connectivity index (χ4v) is 4.11. The second-order valence-electron chi connectivity index (χ2n) is 5.22. The Labute approximate surface area is 119 Å². The minimum atomic E-state index is -3.63. The normalized spacial score (nSPS) is 17.6. The largest absolute Gasteiger partial charge is 0.392 e. The van der Waals surface area contributed by atoms with Gasteiger partial charge in [-0.15, -0.1) is 0 Å². The predicted octanol–water partition coefficient (Wildman–Crippen LogP) is 2.27. The van der Waals surface area contributed by atoms with E-state index in [1.807, 2.05) is 0 Å². The molecule has 1 aliphatic rings. The van der Waals surface area contributed by atoms with Gasteiger partial charge in [0.2, 0.25) is 10.0 Å². The lowest BCUT2D eigenvalue weighted by Gasteiger charge is -2.30. The maximum Gasteiger partial charge on any atom is 0.243 e. The third-order valence-corrected chi connectivity index (χ3v) is 5.86. The fraction of sp³-hybridized carbons (Fsp3) is 0.571. The van der Waals surface area contributed by atoms with E-state index in [1.165, 1.54) is 16.4 Å². The first-order valence-corrected chi connectivity index (χ1v) is 8.28. The molecule has 1 saturated carbocycles. The molecular formula is C14H20FNO3S. The van der Waals surface area contributed by atoms with Crippen LogP contribution in [0.5, 0.6) is 0 Å². The smallest absolute Gasteiger partial charge is 0.243 e.